The number of fused-ring (bicyclic) bond motifs is 2. The number of carbonyl (C=O) groups excluding carboxylic acids is 2. The van der Waals surface area contributed by atoms with E-state index in [9.17, 15) is 18.0 Å². The van der Waals surface area contributed by atoms with E-state index in [1.165, 1.54) is 10.4 Å². The Hall–Kier alpha value is -2.40. The molecular weight excluding hydrogens is 454 g/mol. The normalized spacial score (nSPS) is 16.6. The van der Waals surface area contributed by atoms with E-state index < -0.39 is 15.9 Å². The first-order valence-electron chi connectivity index (χ1n) is 9.92. The molecule has 160 valence electrons. The molecule has 1 aliphatic carbocycles. The van der Waals surface area contributed by atoms with E-state index in [4.69, 9.17) is 0 Å². The van der Waals surface area contributed by atoms with Crippen LogP contribution in [0.15, 0.2) is 40.6 Å². The number of sulfonamides is 1. The highest BCUT2D eigenvalue weighted by molar-refractivity contribution is 7.89. The Balaban J connectivity index is 1.39. The Labute approximate surface area is 187 Å². The predicted molar refractivity (Wildman–Crippen MR) is 119 cm³/mol. The second kappa shape index (κ2) is 7.94. The van der Waals surface area contributed by atoms with Gasteiger partial charge in [0, 0.05) is 19.5 Å². The van der Waals surface area contributed by atoms with E-state index in [0.717, 1.165) is 40.2 Å². The molecular formula is C21H19N3O4S3. The van der Waals surface area contributed by atoms with Crippen LogP contribution in [0.3, 0.4) is 0 Å². The molecule has 0 spiro atoms. The van der Waals surface area contributed by atoms with Crippen molar-refractivity contribution in [1.29, 1.82) is 0 Å². The van der Waals surface area contributed by atoms with Gasteiger partial charge in [0.15, 0.2) is 10.9 Å². The number of ketones is 1. The zero-order chi connectivity index (χ0) is 21.6. The summed E-state index contributed by atoms with van der Waals surface area (Å²) in [5.41, 5.74) is 2.85. The highest BCUT2D eigenvalue weighted by Crippen LogP contribution is 2.32. The lowest BCUT2D eigenvalue weighted by atomic mass is 10.0. The monoisotopic (exact) mass is 473 g/mol. The summed E-state index contributed by atoms with van der Waals surface area (Å²) in [7, 11) is -3.83. The van der Waals surface area contributed by atoms with E-state index in [2.05, 4.69) is 10.3 Å². The van der Waals surface area contributed by atoms with Gasteiger partial charge >= 0.3 is 0 Å². The summed E-state index contributed by atoms with van der Waals surface area (Å²) in [5, 5.41) is 4.63. The average Bonchev–Trinajstić information content (AvgIpc) is 3.41. The summed E-state index contributed by atoms with van der Waals surface area (Å²) in [4.78, 5) is 30.0. The second-order valence-corrected chi connectivity index (χ2v) is 11.3. The molecule has 1 N–H and O–H groups in total. The number of aryl methyl sites for hydroxylation is 1. The lowest BCUT2D eigenvalue weighted by Gasteiger charge is -2.28. The largest absolute Gasteiger partial charge is 0.297 e. The van der Waals surface area contributed by atoms with Crippen molar-refractivity contribution in [2.75, 3.05) is 11.9 Å². The van der Waals surface area contributed by atoms with Gasteiger partial charge < -0.3 is 0 Å². The summed E-state index contributed by atoms with van der Waals surface area (Å²) in [6.07, 6.45) is 2.60. The van der Waals surface area contributed by atoms with Gasteiger partial charge in [-0.15, -0.1) is 11.3 Å². The number of thiazole rings is 1. The van der Waals surface area contributed by atoms with Crippen LogP contribution in [-0.4, -0.2) is 35.9 Å². The molecule has 2 aromatic heterocycles. The Bertz CT molecular complexity index is 1290. The zero-order valence-corrected chi connectivity index (χ0v) is 18.9. The third-order valence-electron chi connectivity index (χ3n) is 5.54. The lowest BCUT2D eigenvalue weighted by molar-refractivity contribution is 0.0975. The van der Waals surface area contributed by atoms with E-state index in [-0.39, 0.29) is 22.1 Å². The predicted octanol–water partition coefficient (Wildman–Crippen LogP) is 3.72. The van der Waals surface area contributed by atoms with Crippen molar-refractivity contribution in [3.05, 3.63) is 62.3 Å². The molecule has 7 nitrogen and oxygen atoms in total. The fraction of sp³-hybridized carbons (Fsp3) is 0.286. The van der Waals surface area contributed by atoms with Crippen molar-refractivity contribution >= 4 is 49.5 Å². The number of anilines is 1. The number of amides is 1. The maximum atomic E-state index is 13.3. The first-order valence-corrected chi connectivity index (χ1v) is 13.1. The smallest absolute Gasteiger partial charge is 0.268 e. The topological polar surface area (TPSA) is 96.4 Å². The van der Waals surface area contributed by atoms with Crippen LogP contribution in [0.2, 0.25) is 0 Å². The third kappa shape index (κ3) is 3.73. The summed E-state index contributed by atoms with van der Waals surface area (Å²) in [6.45, 7) is 0.661. The number of nitrogens with one attached hydrogen (secondary N) is 1. The number of hydrogen-bond acceptors (Lipinski definition) is 7. The molecule has 2 aliphatic rings. The minimum atomic E-state index is -3.83. The van der Waals surface area contributed by atoms with Gasteiger partial charge in [0.05, 0.1) is 10.6 Å². The Kier molecular flexibility index (Phi) is 5.25. The molecule has 31 heavy (non-hydrogen) atoms. The lowest BCUT2D eigenvalue weighted by Crippen LogP contribution is -2.36. The van der Waals surface area contributed by atoms with E-state index in [1.807, 2.05) is 24.3 Å². The first-order chi connectivity index (χ1) is 14.9. The summed E-state index contributed by atoms with van der Waals surface area (Å²) in [5.74, 6) is -0.478. The maximum Gasteiger partial charge on any atom is 0.268 e. The number of benzene rings is 1. The molecule has 0 radical (unpaired) electrons. The van der Waals surface area contributed by atoms with Crippen LogP contribution < -0.4 is 5.32 Å². The molecule has 10 heteroatoms. The third-order valence-corrected chi connectivity index (χ3v) is 9.52. The number of thiophene rings is 1. The van der Waals surface area contributed by atoms with Gasteiger partial charge in [0.25, 0.3) is 5.91 Å². The minimum Gasteiger partial charge on any atom is -0.297 e. The fourth-order valence-corrected chi connectivity index (χ4v) is 7.65. The van der Waals surface area contributed by atoms with Crippen molar-refractivity contribution in [2.45, 2.75) is 37.1 Å². The molecule has 3 heterocycles. The van der Waals surface area contributed by atoms with Crippen LogP contribution in [-0.2, 0) is 29.4 Å². The molecule has 5 rings (SSSR count). The van der Waals surface area contributed by atoms with E-state index in [0.29, 0.717) is 41.5 Å². The van der Waals surface area contributed by atoms with Gasteiger partial charge in [-0.1, -0.05) is 35.6 Å². The van der Waals surface area contributed by atoms with Crippen LogP contribution in [0.25, 0.3) is 0 Å². The van der Waals surface area contributed by atoms with E-state index in [1.54, 1.807) is 5.38 Å². The SMILES string of the molecule is O=C(Nc1nc2c(s1)C(=O)CCC2)c1sccc1S(=O)(=O)N1CCc2ccccc2C1. The fourth-order valence-electron chi connectivity index (χ4n) is 3.96. The zero-order valence-electron chi connectivity index (χ0n) is 16.5. The Morgan fingerprint density at radius 1 is 1.10 bits per heavy atom. The molecule has 1 aliphatic heterocycles. The number of nitrogens with zero attached hydrogens (tertiary/aromatic N) is 2. The van der Waals surface area contributed by atoms with Gasteiger partial charge in [0.1, 0.15) is 9.77 Å². The van der Waals surface area contributed by atoms with Gasteiger partial charge in [-0.3, -0.25) is 14.9 Å². The van der Waals surface area contributed by atoms with Gasteiger partial charge in [-0.25, -0.2) is 13.4 Å². The maximum absolute atomic E-state index is 13.3. The van der Waals surface area contributed by atoms with Gasteiger partial charge in [-0.05, 0) is 41.8 Å². The molecule has 0 atom stereocenters. The van der Waals surface area contributed by atoms with Crippen molar-refractivity contribution in [3.8, 4) is 0 Å². The summed E-state index contributed by atoms with van der Waals surface area (Å²) >= 11 is 2.24. The molecule has 3 aromatic rings. The first kappa shape index (κ1) is 20.5. The molecule has 0 saturated carbocycles. The van der Waals surface area contributed by atoms with Gasteiger partial charge in [-0.2, -0.15) is 4.31 Å². The van der Waals surface area contributed by atoms with E-state index >= 15 is 0 Å². The average molecular weight is 474 g/mol. The Morgan fingerprint density at radius 2 is 1.90 bits per heavy atom. The van der Waals surface area contributed by atoms with Crippen LogP contribution >= 0.6 is 22.7 Å². The molecule has 0 bridgehead atoms. The van der Waals surface area contributed by atoms with Gasteiger partial charge in [0.2, 0.25) is 10.0 Å². The molecule has 0 saturated heterocycles. The number of Topliss-reactive ketones (excluding diaryl/α,β-unsaturated/α-hetero) is 1. The van der Waals surface area contributed by atoms with Crippen LogP contribution in [0.5, 0.6) is 0 Å². The second-order valence-electron chi connectivity index (χ2n) is 7.50. The van der Waals surface area contributed by atoms with Crippen molar-refractivity contribution < 1.29 is 18.0 Å². The number of aromatic nitrogens is 1. The standard InChI is InChI=1S/C21H19N3O4S3/c25-16-7-3-6-15-18(16)30-21(22-15)23-20(26)19-17(9-11-29-19)31(27,28)24-10-8-13-4-1-2-5-14(13)12-24/h1-2,4-5,9,11H,3,6-8,10,12H2,(H,22,23,26). The minimum absolute atomic E-state index is 0.00627. The number of hydrogen-bond donors (Lipinski definition) is 1. The summed E-state index contributed by atoms with van der Waals surface area (Å²) < 4.78 is 28.1. The van der Waals surface area contributed by atoms with Crippen molar-refractivity contribution in [1.82, 2.24) is 9.29 Å². The number of carbonyl (C=O) groups is 2. The molecule has 0 unspecified atom stereocenters. The highest BCUT2D eigenvalue weighted by Gasteiger charge is 2.33. The van der Waals surface area contributed by atoms with Crippen molar-refractivity contribution in [3.63, 3.8) is 0 Å². The summed E-state index contributed by atoms with van der Waals surface area (Å²) in [6, 6.07) is 9.28. The van der Waals surface area contributed by atoms with Crippen LogP contribution in [0.1, 0.15) is 49.0 Å². The quantitative estimate of drug-likeness (QED) is 0.623. The molecule has 1 aromatic carbocycles. The Morgan fingerprint density at radius 3 is 2.71 bits per heavy atom. The van der Waals surface area contributed by atoms with Crippen molar-refractivity contribution in [2.24, 2.45) is 0 Å². The highest BCUT2D eigenvalue weighted by atomic mass is 32.2. The van der Waals surface area contributed by atoms with Crippen LogP contribution in [0.4, 0.5) is 5.13 Å². The molecule has 0 fully saturated rings. The molecule has 1 amide bonds. The number of rotatable bonds is 4. The van der Waals surface area contributed by atoms with Crippen LogP contribution in [0, 0.1) is 0 Å².